The Kier molecular flexibility index (Phi) is 7.87. The van der Waals surface area contributed by atoms with E-state index in [9.17, 15) is 9.59 Å². The SMILES string of the molecule is CCOc1ccc(CC(=O)OCC(=O)Nc2cccc(C)c2C)cc1OCC. The van der Waals surface area contributed by atoms with Crippen LogP contribution in [-0.4, -0.2) is 31.7 Å². The maximum Gasteiger partial charge on any atom is 0.310 e. The van der Waals surface area contributed by atoms with E-state index in [-0.39, 0.29) is 18.9 Å². The normalized spacial score (nSPS) is 10.3. The minimum Gasteiger partial charge on any atom is -0.490 e. The van der Waals surface area contributed by atoms with Gasteiger partial charge in [0.15, 0.2) is 18.1 Å². The maximum absolute atomic E-state index is 12.1. The molecule has 150 valence electrons. The summed E-state index contributed by atoms with van der Waals surface area (Å²) in [5, 5.41) is 2.76. The minimum atomic E-state index is -0.484. The zero-order chi connectivity index (χ0) is 20.5. The number of rotatable bonds is 9. The van der Waals surface area contributed by atoms with E-state index in [2.05, 4.69) is 5.32 Å². The van der Waals surface area contributed by atoms with Crippen LogP contribution in [0.5, 0.6) is 11.5 Å². The number of amides is 1. The van der Waals surface area contributed by atoms with Crippen molar-refractivity contribution in [2.75, 3.05) is 25.1 Å². The van der Waals surface area contributed by atoms with Gasteiger partial charge >= 0.3 is 5.97 Å². The zero-order valence-corrected chi connectivity index (χ0v) is 16.8. The highest BCUT2D eigenvalue weighted by molar-refractivity contribution is 5.93. The molecule has 0 saturated carbocycles. The molecule has 0 heterocycles. The summed E-state index contributed by atoms with van der Waals surface area (Å²) in [5.41, 5.74) is 3.51. The van der Waals surface area contributed by atoms with E-state index < -0.39 is 5.97 Å². The predicted octanol–water partition coefficient (Wildman–Crippen LogP) is 3.83. The highest BCUT2D eigenvalue weighted by atomic mass is 16.5. The lowest BCUT2D eigenvalue weighted by Gasteiger charge is -2.12. The second kappa shape index (κ2) is 10.3. The summed E-state index contributed by atoms with van der Waals surface area (Å²) in [5.74, 6) is 0.364. The van der Waals surface area contributed by atoms with E-state index in [0.717, 1.165) is 16.7 Å². The number of hydrogen-bond acceptors (Lipinski definition) is 5. The van der Waals surface area contributed by atoms with Gasteiger partial charge in [0.1, 0.15) is 0 Å². The zero-order valence-electron chi connectivity index (χ0n) is 16.8. The van der Waals surface area contributed by atoms with Crippen LogP contribution in [0.25, 0.3) is 0 Å². The molecule has 6 heteroatoms. The maximum atomic E-state index is 12.1. The van der Waals surface area contributed by atoms with Crippen molar-refractivity contribution in [3.05, 3.63) is 53.1 Å². The first-order valence-corrected chi connectivity index (χ1v) is 9.34. The van der Waals surface area contributed by atoms with Crippen LogP contribution in [0, 0.1) is 13.8 Å². The van der Waals surface area contributed by atoms with E-state index in [0.29, 0.717) is 30.4 Å². The first-order chi connectivity index (χ1) is 13.4. The molecule has 0 aliphatic rings. The van der Waals surface area contributed by atoms with Crippen molar-refractivity contribution in [2.24, 2.45) is 0 Å². The second-order valence-corrected chi connectivity index (χ2v) is 6.28. The Bertz CT molecular complexity index is 832. The summed E-state index contributed by atoms with van der Waals surface area (Å²) in [6.45, 7) is 8.36. The summed E-state index contributed by atoms with van der Waals surface area (Å²) < 4.78 is 16.2. The lowest BCUT2D eigenvalue weighted by molar-refractivity contribution is -0.146. The molecule has 0 unspecified atom stereocenters. The number of hydrogen-bond donors (Lipinski definition) is 1. The van der Waals surface area contributed by atoms with E-state index in [1.54, 1.807) is 18.2 Å². The fourth-order valence-electron chi connectivity index (χ4n) is 2.64. The van der Waals surface area contributed by atoms with Crippen LogP contribution in [0.15, 0.2) is 36.4 Å². The molecular weight excluding hydrogens is 358 g/mol. The Morgan fingerprint density at radius 1 is 0.964 bits per heavy atom. The average molecular weight is 385 g/mol. The van der Waals surface area contributed by atoms with Crippen molar-refractivity contribution in [3.63, 3.8) is 0 Å². The molecule has 1 N–H and O–H groups in total. The molecule has 0 saturated heterocycles. The average Bonchev–Trinajstić information content (AvgIpc) is 2.66. The van der Waals surface area contributed by atoms with E-state index >= 15 is 0 Å². The summed E-state index contributed by atoms with van der Waals surface area (Å²) in [7, 11) is 0. The molecule has 0 atom stereocenters. The van der Waals surface area contributed by atoms with Gasteiger partial charge in [-0.1, -0.05) is 18.2 Å². The highest BCUT2D eigenvalue weighted by Gasteiger charge is 2.12. The molecule has 0 aliphatic carbocycles. The van der Waals surface area contributed by atoms with Crippen molar-refractivity contribution in [1.29, 1.82) is 0 Å². The number of ether oxygens (including phenoxy) is 3. The quantitative estimate of drug-likeness (QED) is 0.664. The third kappa shape index (κ3) is 6.01. The third-order valence-corrected chi connectivity index (χ3v) is 4.20. The lowest BCUT2D eigenvalue weighted by atomic mass is 10.1. The number of benzene rings is 2. The van der Waals surface area contributed by atoms with Crippen LogP contribution in [0.1, 0.15) is 30.5 Å². The van der Waals surface area contributed by atoms with Gasteiger partial charge in [0.2, 0.25) is 0 Å². The van der Waals surface area contributed by atoms with Crippen molar-refractivity contribution < 1.29 is 23.8 Å². The number of nitrogens with one attached hydrogen (secondary N) is 1. The van der Waals surface area contributed by atoms with E-state index in [4.69, 9.17) is 14.2 Å². The van der Waals surface area contributed by atoms with Crippen molar-refractivity contribution >= 4 is 17.6 Å². The number of anilines is 1. The monoisotopic (exact) mass is 385 g/mol. The molecule has 2 rings (SSSR count). The van der Waals surface area contributed by atoms with Crippen LogP contribution in [0.2, 0.25) is 0 Å². The van der Waals surface area contributed by atoms with E-state index in [1.165, 1.54) is 0 Å². The first kappa shape index (κ1) is 21.3. The molecule has 0 radical (unpaired) electrons. The number of aryl methyl sites for hydroxylation is 1. The van der Waals surface area contributed by atoms with Gasteiger partial charge in [-0.25, -0.2) is 0 Å². The van der Waals surface area contributed by atoms with Gasteiger partial charge in [-0.2, -0.15) is 0 Å². The second-order valence-electron chi connectivity index (χ2n) is 6.28. The van der Waals surface area contributed by atoms with Gasteiger partial charge in [-0.15, -0.1) is 0 Å². The summed E-state index contributed by atoms with van der Waals surface area (Å²) in [6, 6.07) is 11.0. The van der Waals surface area contributed by atoms with Gasteiger partial charge in [-0.3, -0.25) is 9.59 Å². The third-order valence-electron chi connectivity index (χ3n) is 4.20. The molecular formula is C22H27NO5. The smallest absolute Gasteiger partial charge is 0.310 e. The van der Waals surface area contributed by atoms with Gasteiger partial charge in [0, 0.05) is 5.69 Å². The Labute approximate surface area is 165 Å². The molecule has 6 nitrogen and oxygen atoms in total. The Morgan fingerprint density at radius 3 is 2.39 bits per heavy atom. The topological polar surface area (TPSA) is 73.9 Å². The summed E-state index contributed by atoms with van der Waals surface area (Å²) in [4.78, 5) is 24.2. The molecule has 2 aromatic rings. The summed E-state index contributed by atoms with van der Waals surface area (Å²) in [6.07, 6.45) is 0.0449. The van der Waals surface area contributed by atoms with Crippen LogP contribution in [0.3, 0.4) is 0 Å². The van der Waals surface area contributed by atoms with Crippen LogP contribution >= 0.6 is 0 Å². The van der Waals surface area contributed by atoms with Crippen LogP contribution < -0.4 is 14.8 Å². The molecule has 0 aromatic heterocycles. The van der Waals surface area contributed by atoms with E-state index in [1.807, 2.05) is 45.9 Å². The lowest BCUT2D eigenvalue weighted by Crippen LogP contribution is -2.22. The highest BCUT2D eigenvalue weighted by Crippen LogP contribution is 2.28. The Balaban J connectivity index is 1.90. The van der Waals surface area contributed by atoms with Crippen molar-refractivity contribution in [3.8, 4) is 11.5 Å². The number of carbonyl (C=O) groups excluding carboxylic acids is 2. The Morgan fingerprint density at radius 2 is 1.68 bits per heavy atom. The largest absolute Gasteiger partial charge is 0.490 e. The Hall–Kier alpha value is -3.02. The van der Waals surface area contributed by atoms with Gasteiger partial charge in [-0.05, 0) is 62.6 Å². The van der Waals surface area contributed by atoms with Crippen LogP contribution in [0.4, 0.5) is 5.69 Å². The minimum absolute atomic E-state index is 0.0449. The first-order valence-electron chi connectivity index (χ1n) is 9.34. The predicted molar refractivity (Wildman–Crippen MR) is 108 cm³/mol. The van der Waals surface area contributed by atoms with Crippen molar-refractivity contribution in [1.82, 2.24) is 0 Å². The standard InChI is InChI=1S/C22H27NO5/c1-5-26-19-11-10-17(12-20(19)27-6-2)13-22(25)28-14-21(24)23-18-9-7-8-15(3)16(18)4/h7-12H,5-6,13-14H2,1-4H3,(H,23,24). The summed E-state index contributed by atoms with van der Waals surface area (Å²) >= 11 is 0. The van der Waals surface area contributed by atoms with Crippen molar-refractivity contribution in [2.45, 2.75) is 34.1 Å². The van der Waals surface area contributed by atoms with Gasteiger partial charge in [0.05, 0.1) is 19.6 Å². The van der Waals surface area contributed by atoms with Crippen LogP contribution in [-0.2, 0) is 20.7 Å². The molecule has 0 spiro atoms. The number of esters is 1. The number of carbonyl (C=O) groups is 2. The molecule has 2 aromatic carbocycles. The molecule has 0 aliphatic heterocycles. The van der Waals surface area contributed by atoms with Gasteiger partial charge in [0.25, 0.3) is 5.91 Å². The molecule has 0 fully saturated rings. The fraction of sp³-hybridized carbons (Fsp3) is 0.364. The van der Waals surface area contributed by atoms with Gasteiger partial charge < -0.3 is 19.5 Å². The molecule has 28 heavy (non-hydrogen) atoms. The fourth-order valence-corrected chi connectivity index (χ4v) is 2.64. The molecule has 0 bridgehead atoms. The molecule has 1 amide bonds.